The summed E-state index contributed by atoms with van der Waals surface area (Å²) in [6.07, 6.45) is -6.66. The molecule has 2 atom stereocenters. The fourth-order valence-corrected chi connectivity index (χ4v) is 3.36. The third-order valence-corrected chi connectivity index (χ3v) is 5.28. The van der Waals surface area contributed by atoms with Crippen LogP contribution < -0.4 is 5.32 Å². The second kappa shape index (κ2) is 15.6. The van der Waals surface area contributed by atoms with Gasteiger partial charge in [-0.25, -0.2) is 4.79 Å². The van der Waals surface area contributed by atoms with Crippen LogP contribution in [0.15, 0.2) is 0 Å². The summed E-state index contributed by atoms with van der Waals surface area (Å²) in [4.78, 5) is 84.7. The summed E-state index contributed by atoms with van der Waals surface area (Å²) in [6.45, 7) is -2.96. The van der Waals surface area contributed by atoms with E-state index in [0.29, 0.717) is 0 Å². The molecular weight excluding hydrogens is 520 g/mol. The third kappa shape index (κ3) is 10.8. The first kappa shape index (κ1) is 32.4. The molecule has 6 N–H and O–H groups in total. The molecule has 1 saturated heterocycles. The van der Waals surface area contributed by atoms with Crippen molar-refractivity contribution in [1.82, 2.24) is 10.4 Å². The maximum Gasteiger partial charge on any atom is 0.358 e. The van der Waals surface area contributed by atoms with Gasteiger partial charge >= 0.3 is 23.9 Å². The molecule has 0 spiro atoms. The highest BCUT2D eigenvalue weighted by molar-refractivity contribution is 6.01. The highest BCUT2D eigenvalue weighted by atomic mass is 16.7. The second-order valence-corrected chi connectivity index (χ2v) is 8.22. The maximum atomic E-state index is 12.6. The first-order valence-electron chi connectivity index (χ1n) is 11.3. The largest absolute Gasteiger partial charge is 0.481 e. The van der Waals surface area contributed by atoms with Gasteiger partial charge in [-0.15, -0.1) is 5.06 Å². The van der Waals surface area contributed by atoms with Gasteiger partial charge in [0.25, 0.3) is 11.8 Å². The molecule has 1 rings (SSSR count). The molecule has 0 aromatic rings. The predicted molar refractivity (Wildman–Crippen MR) is 118 cm³/mol. The molecule has 17 heteroatoms. The molecule has 1 heterocycles. The lowest BCUT2D eigenvalue weighted by molar-refractivity contribution is -0.200. The van der Waals surface area contributed by atoms with E-state index in [1.807, 2.05) is 0 Å². The van der Waals surface area contributed by atoms with Gasteiger partial charge in [-0.1, -0.05) is 0 Å². The highest BCUT2D eigenvalue weighted by Gasteiger charge is 2.46. The Kier molecular flexibility index (Phi) is 13.2. The third-order valence-electron chi connectivity index (χ3n) is 5.28. The molecule has 3 amide bonds. The molecule has 0 saturated carbocycles. The zero-order valence-electron chi connectivity index (χ0n) is 20.2. The number of rotatable bonds is 19. The van der Waals surface area contributed by atoms with Crippen molar-refractivity contribution in [3.05, 3.63) is 0 Å². The maximum absolute atomic E-state index is 12.6. The Bertz CT molecular complexity index is 865. The van der Waals surface area contributed by atoms with Crippen molar-refractivity contribution in [1.29, 1.82) is 0 Å². The fourth-order valence-electron chi connectivity index (χ4n) is 3.36. The number of carbonyl (C=O) groups excluding carboxylic acids is 4. The quantitative estimate of drug-likeness (QED) is 0.0711. The predicted octanol–water partition coefficient (Wildman–Crippen LogP) is -2.59. The Hall–Kier alpha value is -3.67. The lowest BCUT2D eigenvalue weighted by Gasteiger charge is -2.42. The molecule has 0 aromatic heterocycles. The first-order valence-corrected chi connectivity index (χ1v) is 11.3. The first-order chi connectivity index (χ1) is 17.8. The van der Waals surface area contributed by atoms with Gasteiger partial charge in [0.1, 0.15) is 18.8 Å². The average Bonchev–Trinajstić information content (AvgIpc) is 3.14. The van der Waals surface area contributed by atoms with Crippen LogP contribution in [0.5, 0.6) is 0 Å². The number of hydrogen-bond donors (Lipinski definition) is 6. The molecule has 1 aliphatic rings. The van der Waals surface area contributed by atoms with Gasteiger partial charge in [0.15, 0.2) is 0 Å². The summed E-state index contributed by atoms with van der Waals surface area (Å²) in [5.74, 6) is -7.63. The number of nitrogens with zero attached hydrogens (tertiary/aromatic N) is 1. The van der Waals surface area contributed by atoms with Crippen LogP contribution in [0.3, 0.4) is 0 Å². The van der Waals surface area contributed by atoms with Crippen molar-refractivity contribution in [2.75, 3.05) is 26.4 Å². The Morgan fingerprint density at radius 2 is 1.32 bits per heavy atom. The number of aliphatic hydroxyl groups is 2. The van der Waals surface area contributed by atoms with E-state index in [1.165, 1.54) is 0 Å². The van der Waals surface area contributed by atoms with Crippen molar-refractivity contribution in [3.63, 3.8) is 0 Å². The van der Waals surface area contributed by atoms with E-state index in [4.69, 9.17) is 24.8 Å². The number of nitrogens with one attached hydrogen (secondary N) is 1. The highest BCUT2D eigenvalue weighted by Crippen LogP contribution is 2.25. The molecule has 0 aliphatic carbocycles. The monoisotopic (exact) mass is 550 g/mol. The summed E-state index contributed by atoms with van der Waals surface area (Å²) >= 11 is 0. The molecule has 1 aliphatic heterocycles. The summed E-state index contributed by atoms with van der Waals surface area (Å²) in [5, 5.41) is 50.7. The zero-order valence-corrected chi connectivity index (χ0v) is 20.2. The number of aliphatic hydroxyl groups excluding tert-OH is 2. The summed E-state index contributed by atoms with van der Waals surface area (Å²) in [6, 6.07) is 0. The number of carboxylic acid groups (broad SMARTS) is 3. The van der Waals surface area contributed by atoms with E-state index in [-0.39, 0.29) is 17.9 Å². The van der Waals surface area contributed by atoms with Crippen molar-refractivity contribution in [2.24, 2.45) is 0 Å². The number of aliphatic carboxylic acids is 3. The van der Waals surface area contributed by atoms with Crippen LogP contribution in [-0.2, 0) is 47.9 Å². The summed E-state index contributed by atoms with van der Waals surface area (Å²) in [7, 11) is 0. The van der Waals surface area contributed by atoms with E-state index >= 15 is 0 Å². The van der Waals surface area contributed by atoms with Crippen LogP contribution in [0.1, 0.15) is 44.9 Å². The lowest BCUT2D eigenvalue weighted by atomic mass is 9.82. The van der Waals surface area contributed by atoms with Gasteiger partial charge in [-0.3, -0.25) is 28.8 Å². The van der Waals surface area contributed by atoms with Crippen LogP contribution in [0.2, 0.25) is 0 Å². The topological polar surface area (TPSA) is 264 Å². The molecule has 0 aromatic carbocycles. The number of carbonyl (C=O) groups is 7. The second-order valence-electron chi connectivity index (χ2n) is 8.22. The Balaban J connectivity index is 2.94. The van der Waals surface area contributed by atoms with Crippen molar-refractivity contribution in [2.45, 2.75) is 62.7 Å². The number of hydroxylamine groups is 2. The number of carboxylic acids is 3. The standard InChI is InChI=1S/C21H30N2O15/c24-12(1-5-17(29)30)21(11-36-8-7-19(33)34,13(25)2-6-18(31)32)22-14(26)9-37-10-20(35)38-23-15(27)3-4-16(23)28/h12-13,24-25H,1-11H2,(H,22,26)(H,29,30)(H,31,32)(H,33,34). The van der Waals surface area contributed by atoms with Gasteiger partial charge < -0.3 is 45.2 Å². The Morgan fingerprint density at radius 3 is 1.79 bits per heavy atom. The van der Waals surface area contributed by atoms with Crippen molar-refractivity contribution < 1.29 is 73.4 Å². The minimum absolute atomic E-state index is 0.138. The van der Waals surface area contributed by atoms with E-state index in [9.17, 15) is 43.8 Å². The van der Waals surface area contributed by atoms with Gasteiger partial charge in [0.05, 0.1) is 31.8 Å². The Labute approximate surface area is 215 Å². The van der Waals surface area contributed by atoms with Gasteiger partial charge in [0, 0.05) is 25.7 Å². The van der Waals surface area contributed by atoms with Crippen LogP contribution in [0, 0.1) is 0 Å². The molecule has 214 valence electrons. The van der Waals surface area contributed by atoms with Gasteiger partial charge in [-0.05, 0) is 12.8 Å². The SMILES string of the molecule is O=C(O)CCOCC(NC(=O)COCC(=O)ON1C(=O)CCC1=O)(C(O)CCC(=O)O)C(O)CCC(=O)O. The van der Waals surface area contributed by atoms with Crippen molar-refractivity contribution >= 4 is 41.6 Å². The Morgan fingerprint density at radius 1 is 0.816 bits per heavy atom. The van der Waals surface area contributed by atoms with E-state index < -0.39 is 118 Å². The van der Waals surface area contributed by atoms with E-state index in [0.717, 1.165) is 0 Å². The van der Waals surface area contributed by atoms with Gasteiger partial charge in [-0.2, -0.15) is 0 Å². The minimum atomic E-state index is -2.20. The number of amides is 3. The molecule has 0 radical (unpaired) electrons. The van der Waals surface area contributed by atoms with Crippen LogP contribution >= 0.6 is 0 Å². The van der Waals surface area contributed by atoms with Crippen LogP contribution in [0.25, 0.3) is 0 Å². The molecule has 0 bridgehead atoms. The van der Waals surface area contributed by atoms with E-state index in [1.54, 1.807) is 0 Å². The van der Waals surface area contributed by atoms with Gasteiger partial charge in [0.2, 0.25) is 5.91 Å². The lowest BCUT2D eigenvalue weighted by Crippen LogP contribution is -2.67. The molecule has 1 fully saturated rings. The molecule has 17 nitrogen and oxygen atoms in total. The molecule has 2 unspecified atom stereocenters. The van der Waals surface area contributed by atoms with Crippen LogP contribution in [-0.4, -0.2) is 116 Å². The fraction of sp³-hybridized carbons (Fsp3) is 0.667. The normalized spacial score (nSPS) is 16.4. The smallest absolute Gasteiger partial charge is 0.358 e. The summed E-state index contributed by atoms with van der Waals surface area (Å²) in [5.41, 5.74) is -2.20. The summed E-state index contributed by atoms with van der Waals surface area (Å²) < 4.78 is 10.1. The average molecular weight is 550 g/mol. The minimum Gasteiger partial charge on any atom is -0.481 e. The number of hydrogen-bond acceptors (Lipinski definition) is 12. The number of imide groups is 1. The molecule has 38 heavy (non-hydrogen) atoms. The number of ether oxygens (including phenoxy) is 2. The molecular formula is C21H30N2O15. The van der Waals surface area contributed by atoms with Crippen LogP contribution in [0.4, 0.5) is 0 Å². The zero-order chi connectivity index (χ0) is 28.9. The van der Waals surface area contributed by atoms with Crippen molar-refractivity contribution in [3.8, 4) is 0 Å². The van der Waals surface area contributed by atoms with E-state index in [2.05, 4.69) is 10.2 Å².